The summed E-state index contributed by atoms with van der Waals surface area (Å²) < 4.78 is 0. The average molecular weight is 217 g/mol. The van der Waals surface area contributed by atoms with E-state index in [2.05, 4.69) is 0 Å². The molecule has 3 heteroatoms. The summed E-state index contributed by atoms with van der Waals surface area (Å²) in [6.07, 6.45) is 0. The van der Waals surface area contributed by atoms with Crippen LogP contribution in [0.2, 0.25) is 5.02 Å². The van der Waals surface area contributed by atoms with Crippen molar-refractivity contribution in [3.63, 3.8) is 0 Å². The summed E-state index contributed by atoms with van der Waals surface area (Å²) in [5.74, 6) is -0.865. The maximum atomic E-state index is 11.6. The van der Waals surface area contributed by atoms with Crippen molar-refractivity contribution in [1.29, 1.82) is 0 Å². The Kier molecular flexibility index (Phi) is 1.54. The van der Waals surface area contributed by atoms with Gasteiger partial charge in [0.15, 0.2) is 0 Å². The van der Waals surface area contributed by atoms with Gasteiger partial charge in [0, 0.05) is 26.9 Å². The summed E-state index contributed by atoms with van der Waals surface area (Å²) in [6.45, 7) is 0. The van der Waals surface area contributed by atoms with E-state index in [1.165, 1.54) is 0 Å². The molecule has 15 heavy (non-hydrogen) atoms. The number of carbonyl (C=O) groups is 2. The summed E-state index contributed by atoms with van der Waals surface area (Å²) in [6, 6.07) is 8.48. The minimum absolute atomic E-state index is 0.433. The van der Waals surface area contributed by atoms with Gasteiger partial charge in [-0.1, -0.05) is 29.8 Å². The monoisotopic (exact) mass is 216 g/mol. The molecule has 0 radical (unpaired) electrons. The van der Waals surface area contributed by atoms with E-state index < -0.39 is 11.6 Å². The zero-order valence-electron chi connectivity index (χ0n) is 7.58. The molecule has 0 saturated carbocycles. The molecule has 3 rings (SSSR count). The van der Waals surface area contributed by atoms with Crippen LogP contribution in [0.25, 0.3) is 10.8 Å². The fourth-order valence-corrected chi connectivity index (χ4v) is 2.21. The van der Waals surface area contributed by atoms with E-state index in [9.17, 15) is 9.59 Å². The standard InChI is InChI=1S/C12H5ClO2/c13-9-5-4-8-10-6(9)2-1-3-7(10)11(14)12(8)15/h1-5H. The Morgan fingerprint density at radius 3 is 2.27 bits per heavy atom. The third kappa shape index (κ3) is 0.944. The minimum Gasteiger partial charge on any atom is -0.285 e. The molecule has 0 N–H and O–H groups in total. The highest BCUT2D eigenvalue weighted by atomic mass is 35.5. The van der Waals surface area contributed by atoms with Crippen LogP contribution in [-0.2, 0) is 0 Å². The van der Waals surface area contributed by atoms with E-state index in [0.29, 0.717) is 21.5 Å². The zero-order valence-corrected chi connectivity index (χ0v) is 8.34. The molecule has 2 aromatic carbocycles. The number of Topliss-reactive ketones (excluding diaryl/α,β-unsaturated/α-hetero) is 2. The highest BCUT2D eigenvalue weighted by molar-refractivity contribution is 6.57. The van der Waals surface area contributed by atoms with Crippen LogP contribution in [0.5, 0.6) is 0 Å². The molecular formula is C12H5ClO2. The van der Waals surface area contributed by atoms with Gasteiger partial charge in [0.1, 0.15) is 0 Å². The molecular weight excluding hydrogens is 212 g/mol. The first kappa shape index (κ1) is 8.62. The average Bonchev–Trinajstić information content (AvgIpc) is 2.50. The van der Waals surface area contributed by atoms with Gasteiger partial charge in [-0.25, -0.2) is 0 Å². The van der Waals surface area contributed by atoms with Crippen molar-refractivity contribution >= 4 is 33.9 Å². The predicted molar refractivity (Wildman–Crippen MR) is 57.6 cm³/mol. The molecule has 2 nitrogen and oxygen atoms in total. The van der Waals surface area contributed by atoms with Gasteiger partial charge < -0.3 is 0 Å². The third-order valence-electron chi connectivity index (χ3n) is 2.68. The second kappa shape index (κ2) is 2.67. The maximum absolute atomic E-state index is 11.6. The van der Waals surface area contributed by atoms with Crippen molar-refractivity contribution in [3.8, 4) is 0 Å². The van der Waals surface area contributed by atoms with Crippen molar-refractivity contribution in [2.45, 2.75) is 0 Å². The Bertz CT molecular complexity index is 609. The number of benzene rings is 2. The van der Waals surface area contributed by atoms with Gasteiger partial charge in [-0.3, -0.25) is 9.59 Å². The number of hydrogen-bond donors (Lipinski definition) is 0. The fraction of sp³-hybridized carbons (Fsp3) is 0. The molecule has 0 aromatic heterocycles. The molecule has 72 valence electrons. The first-order valence-electron chi connectivity index (χ1n) is 4.50. The molecule has 0 bridgehead atoms. The number of halogens is 1. The number of hydrogen-bond acceptors (Lipinski definition) is 2. The van der Waals surface area contributed by atoms with Gasteiger partial charge in [-0.2, -0.15) is 0 Å². The lowest BCUT2D eigenvalue weighted by atomic mass is 10.1. The molecule has 0 fully saturated rings. The van der Waals surface area contributed by atoms with Crippen LogP contribution in [0.1, 0.15) is 20.7 Å². The normalized spacial score (nSPS) is 13.9. The summed E-state index contributed by atoms with van der Waals surface area (Å²) in [7, 11) is 0. The Morgan fingerprint density at radius 2 is 1.53 bits per heavy atom. The second-order valence-electron chi connectivity index (χ2n) is 3.48. The molecule has 0 heterocycles. The van der Waals surface area contributed by atoms with Crippen LogP contribution in [0.15, 0.2) is 30.3 Å². The van der Waals surface area contributed by atoms with Gasteiger partial charge in [0.25, 0.3) is 0 Å². The molecule has 0 aliphatic heterocycles. The largest absolute Gasteiger partial charge is 0.285 e. The van der Waals surface area contributed by atoms with Crippen LogP contribution in [0.4, 0.5) is 0 Å². The summed E-state index contributed by atoms with van der Waals surface area (Å²) in [5, 5.41) is 2.03. The van der Waals surface area contributed by atoms with Gasteiger partial charge in [-0.15, -0.1) is 0 Å². The van der Waals surface area contributed by atoms with Crippen molar-refractivity contribution in [2.75, 3.05) is 0 Å². The third-order valence-corrected chi connectivity index (χ3v) is 3.01. The van der Waals surface area contributed by atoms with E-state index in [1.54, 1.807) is 24.3 Å². The molecule has 0 unspecified atom stereocenters. The lowest BCUT2D eigenvalue weighted by molar-refractivity contribution is 0.0825. The number of carbonyl (C=O) groups excluding carboxylic acids is 2. The number of ketones is 2. The zero-order chi connectivity index (χ0) is 10.6. The molecule has 2 aromatic rings. The maximum Gasteiger partial charge on any atom is 0.234 e. The first-order chi connectivity index (χ1) is 7.20. The molecule has 1 aliphatic rings. The van der Waals surface area contributed by atoms with Crippen molar-refractivity contribution < 1.29 is 9.59 Å². The van der Waals surface area contributed by atoms with E-state index in [0.717, 1.165) is 5.39 Å². The smallest absolute Gasteiger partial charge is 0.234 e. The van der Waals surface area contributed by atoms with Crippen LogP contribution < -0.4 is 0 Å². The van der Waals surface area contributed by atoms with E-state index in [1.807, 2.05) is 6.07 Å². The van der Waals surface area contributed by atoms with Crippen LogP contribution in [-0.4, -0.2) is 11.6 Å². The van der Waals surface area contributed by atoms with E-state index in [4.69, 9.17) is 11.6 Å². The van der Waals surface area contributed by atoms with Crippen molar-refractivity contribution in [1.82, 2.24) is 0 Å². The van der Waals surface area contributed by atoms with Crippen LogP contribution >= 0.6 is 11.6 Å². The SMILES string of the molecule is O=C1C(=O)c2ccc(Cl)c3cccc1c23. The Hall–Kier alpha value is -1.67. The minimum atomic E-state index is -0.433. The lowest BCUT2D eigenvalue weighted by Gasteiger charge is -2.00. The molecule has 0 saturated heterocycles. The Morgan fingerprint density at radius 1 is 0.867 bits per heavy atom. The van der Waals surface area contributed by atoms with E-state index in [-0.39, 0.29) is 0 Å². The molecule has 0 spiro atoms. The highest BCUT2D eigenvalue weighted by Crippen LogP contribution is 2.34. The predicted octanol–water partition coefficient (Wildman–Crippen LogP) is 2.87. The summed E-state index contributed by atoms with van der Waals surface area (Å²) >= 11 is 6.00. The van der Waals surface area contributed by atoms with Crippen LogP contribution in [0, 0.1) is 0 Å². The Labute approximate surface area is 90.5 Å². The molecule has 1 aliphatic carbocycles. The van der Waals surface area contributed by atoms with Gasteiger partial charge in [0.2, 0.25) is 11.6 Å². The quantitative estimate of drug-likeness (QED) is 0.635. The fourth-order valence-electron chi connectivity index (χ4n) is 1.99. The Balaban J connectivity index is 2.62. The topological polar surface area (TPSA) is 34.1 Å². The molecule has 0 amide bonds. The first-order valence-corrected chi connectivity index (χ1v) is 4.88. The summed E-state index contributed by atoms with van der Waals surface area (Å²) in [4.78, 5) is 23.2. The van der Waals surface area contributed by atoms with Gasteiger partial charge in [-0.05, 0) is 12.1 Å². The van der Waals surface area contributed by atoms with Crippen molar-refractivity contribution in [3.05, 3.63) is 46.5 Å². The van der Waals surface area contributed by atoms with Crippen LogP contribution in [0.3, 0.4) is 0 Å². The van der Waals surface area contributed by atoms with Gasteiger partial charge >= 0.3 is 0 Å². The van der Waals surface area contributed by atoms with Gasteiger partial charge in [0.05, 0.1) is 0 Å². The van der Waals surface area contributed by atoms with Crippen molar-refractivity contribution in [2.24, 2.45) is 0 Å². The van der Waals surface area contributed by atoms with E-state index >= 15 is 0 Å². The number of rotatable bonds is 0. The highest BCUT2D eigenvalue weighted by Gasteiger charge is 2.30. The summed E-state index contributed by atoms with van der Waals surface area (Å²) in [5.41, 5.74) is 0.935. The lowest BCUT2D eigenvalue weighted by Crippen LogP contribution is -2.05. The molecule has 0 atom stereocenters. The second-order valence-corrected chi connectivity index (χ2v) is 3.89.